The number of carbonyl (C=O) groups is 1. The number of phenols is 1. The molecule has 172 valence electrons. The van der Waals surface area contributed by atoms with E-state index in [1.807, 2.05) is 43.3 Å². The number of hydrogen-bond acceptors (Lipinski definition) is 7. The molecule has 0 saturated carbocycles. The number of nitrogens with zero attached hydrogens (tertiary/aromatic N) is 3. The van der Waals surface area contributed by atoms with Crippen molar-refractivity contribution in [2.45, 2.75) is 13.5 Å². The van der Waals surface area contributed by atoms with E-state index < -0.39 is 5.97 Å². The second-order valence-electron chi connectivity index (χ2n) is 7.70. The van der Waals surface area contributed by atoms with Gasteiger partial charge in [0.25, 0.3) is 0 Å². The smallest absolute Gasteiger partial charge is 0.353 e. The molecule has 0 saturated heterocycles. The van der Waals surface area contributed by atoms with Gasteiger partial charge < -0.3 is 24.3 Å². The first-order valence-corrected chi connectivity index (χ1v) is 11.3. The Morgan fingerprint density at radius 2 is 1.82 bits per heavy atom. The van der Waals surface area contributed by atoms with Gasteiger partial charge in [0.05, 0.1) is 25.4 Å². The lowest BCUT2D eigenvalue weighted by molar-refractivity contribution is 0.0687. The van der Waals surface area contributed by atoms with Crippen LogP contribution in [-0.4, -0.2) is 43.2 Å². The van der Waals surface area contributed by atoms with Crippen LogP contribution in [0, 0.1) is 0 Å². The van der Waals surface area contributed by atoms with Crippen LogP contribution in [0.2, 0.25) is 0 Å². The summed E-state index contributed by atoms with van der Waals surface area (Å²) in [5, 5.41) is 21.8. The normalized spacial score (nSPS) is 11.2. The Balaban J connectivity index is 1.77. The van der Waals surface area contributed by atoms with Crippen molar-refractivity contribution in [2.75, 3.05) is 13.7 Å². The van der Waals surface area contributed by atoms with Gasteiger partial charge in [-0.15, -0.1) is 0 Å². The summed E-state index contributed by atoms with van der Waals surface area (Å²) < 4.78 is 21.2. The van der Waals surface area contributed by atoms with Gasteiger partial charge in [0.2, 0.25) is 0 Å². The summed E-state index contributed by atoms with van der Waals surface area (Å²) in [4.78, 5) is 12.6. The fourth-order valence-electron chi connectivity index (χ4n) is 4.21. The van der Waals surface area contributed by atoms with E-state index in [-0.39, 0.29) is 11.4 Å². The average Bonchev–Trinajstić information content (AvgIpc) is 3.41. The molecule has 0 aliphatic heterocycles. The van der Waals surface area contributed by atoms with Crippen LogP contribution in [0.3, 0.4) is 0 Å². The molecular weight excluding hydrogens is 454 g/mol. The van der Waals surface area contributed by atoms with Crippen molar-refractivity contribution >= 4 is 39.6 Å². The Hall–Kier alpha value is -4.11. The molecule has 34 heavy (non-hydrogen) atoms. The fraction of sp³-hybridized carbons (Fsp3) is 0.160. The summed E-state index contributed by atoms with van der Waals surface area (Å²) in [6, 6.07) is 16.0. The summed E-state index contributed by atoms with van der Waals surface area (Å²) in [6.45, 7) is 2.66. The number of ether oxygens (including phenoxy) is 2. The van der Waals surface area contributed by atoms with E-state index in [0.29, 0.717) is 46.7 Å². The van der Waals surface area contributed by atoms with Gasteiger partial charge in [-0.3, -0.25) is 0 Å². The lowest BCUT2D eigenvalue weighted by atomic mass is 10.0. The first-order chi connectivity index (χ1) is 16.5. The van der Waals surface area contributed by atoms with Crippen LogP contribution >= 0.6 is 11.7 Å². The second kappa shape index (κ2) is 8.68. The molecule has 0 unspecified atom stereocenters. The molecule has 0 radical (unpaired) electrons. The summed E-state index contributed by atoms with van der Waals surface area (Å²) in [5.74, 6) is -0.0798. The maximum atomic E-state index is 12.6. The Morgan fingerprint density at radius 3 is 2.56 bits per heavy atom. The molecule has 3 aromatic carbocycles. The van der Waals surface area contributed by atoms with E-state index in [1.165, 1.54) is 13.2 Å². The minimum atomic E-state index is -1.10. The van der Waals surface area contributed by atoms with Gasteiger partial charge in [-0.25, -0.2) is 4.79 Å². The number of hydrogen-bond donors (Lipinski definition) is 2. The predicted octanol–water partition coefficient (Wildman–Crippen LogP) is 5.17. The van der Waals surface area contributed by atoms with Gasteiger partial charge >= 0.3 is 5.97 Å². The Morgan fingerprint density at radius 1 is 1.03 bits per heavy atom. The lowest BCUT2D eigenvalue weighted by Crippen LogP contribution is -2.10. The first kappa shape index (κ1) is 21.7. The number of methoxy groups -OCH3 is 1. The maximum absolute atomic E-state index is 12.6. The molecule has 0 aliphatic carbocycles. The number of carboxylic acids is 1. The van der Waals surface area contributed by atoms with Crippen molar-refractivity contribution in [3.63, 3.8) is 0 Å². The van der Waals surface area contributed by atoms with Crippen molar-refractivity contribution in [3.05, 3.63) is 65.9 Å². The van der Waals surface area contributed by atoms with Crippen LogP contribution in [0.5, 0.6) is 17.2 Å². The molecule has 2 aromatic heterocycles. The highest BCUT2D eigenvalue weighted by Crippen LogP contribution is 2.42. The highest BCUT2D eigenvalue weighted by atomic mass is 32.1. The third-order valence-electron chi connectivity index (χ3n) is 5.68. The first-order valence-electron chi connectivity index (χ1n) is 10.6. The highest BCUT2D eigenvalue weighted by Gasteiger charge is 2.26. The molecule has 0 aliphatic rings. The SMILES string of the molecule is CCOc1ccc2c(c1)c(-c1ccc(OC)cc1O)c(C(=O)O)n2Cc1ccc2nsnc2c1. The quantitative estimate of drug-likeness (QED) is 0.334. The molecule has 0 spiro atoms. The summed E-state index contributed by atoms with van der Waals surface area (Å²) >= 11 is 1.14. The number of rotatable bonds is 7. The number of aromatic carboxylic acids is 1. The number of benzene rings is 3. The van der Waals surface area contributed by atoms with Gasteiger partial charge in [0, 0.05) is 34.6 Å². The monoisotopic (exact) mass is 475 g/mol. The van der Waals surface area contributed by atoms with Crippen molar-refractivity contribution in [3.8, 4) is 28.4 Å². The van der Waals surface area contributed by atoms with Gasteiger partial charge in [-0.05, 0) is 55.0 Å². The van der Waals surface area contributed by atoms with Crippen LogP contribution in [0.4, 0.5) is 0 Å². The van der Waals surface area contributed by atoms with Crippen LogP contribution in [0.25, 0.3) is 33.1 Å². The van der Waals surface area contributed by atoms with E-state index in [1.54, 1.807) is 16.7 Å². The Labute approximate surface area is 198 Å². The molecule has 2 N–H and O–H groups in total. The fourth-order valence-corrected chi connectivity index (χ4v) is 4.73. The number of phenolic OH excluding ortho intramolecular Hbond substituents is 1. The van der Waals surface area contributed by atoms with E-state index >= 15 is 0 Å². The molecule has 8 nitrogen and oxygen atoms in total. The zero-order valence-electron chi connectivity index (χ0n) is 18.5. The predicted molar refractivity (Wildman–Crippen MR) is 130 cm³/mol. The zero-order valence-corrected chi connectivity index (χ0v) is 19.3. The molecule has 2 heterocycles. The van der Waals surface area contributed by atoms with E-state index in [0.717, 1.165) is 28.3 Å². The Kier molecular flexibility index (Phi) is 5.54. The van der Waals surface area contributed by atoms with Crippen molar-refractivity contribution in [1.82, 2.24) is 13.3 Å². The standard InChI is InChI=1S/C25H21N3O5S/c1-3-33-16-6-9-21-18(11-16)23(17-7-5-15(32-2)12-22(17)29)24(25(30)31)28(21)13-14-4-8-19-20(10-14)27-34-26-19/h4-12,29H,3,13H2,1-2H3,(H,30,31). The van der Waals surface area contributed by atoms with E-state index in [9.17, 15) is 15.0 Å². The van der Waals surface area contributed by atoms with E-state index in [4.69, 9.17) is 9.47 Å². The second-order valence-corrected chi connectivity index (χ2v) is 8.23. The highest BCUT2D eigenvalue weighted by molar-refractivity contribution is 7.00. The summed E-state index contributed by atoms with van der Waals surface area (Å²) in [7, 11) is 1.51. The molecule has 0 bridgehead atoms. The van der Waals surface area contributed by atoms with Crippen LogP contribution in [-0.2, 0) is 6.54 Å². The molecule has 0 fully saturated rings. The third-order valence-corrected chi connectivity index (χ3v) is 6.24. The maximum Gasteiger partial charge on any atom is 0.353 e. The minimum Gasteiger partial charge on any atom is -0.507 e. The van der Waals surface area contributed by atoms with Gasteiger partial charge in [0.15, 0.2) is 0 Å². The van der Waals surface area contributed by atoms with Crippen LogP contribution in [0.15, 0.2) is 54.6 Å². The van der Waals surface area contributed by atoms with Crippen LogP contribution < -0.4 is 9.47 Å². The average molecular weight is 476 g/mol. The van der Waals surface area contributed by atoms with Crippen molar-refractivity contribution < 1.29 is 24.5 Å². The van der Waals surface area contributed by atoms with Crippen molar-refractivity contribution in [1.29, 1.82) is 0 Å². The van der Waals surface area contributed by atoms with Crippen molar-refractivity contribution in [2.24, 2.45) is 0 Å². The zero-order chi connectivity index (χ0) is 23.8. The third kappa shape index (κ3) is 3.69. The number of carboxylic acid groups (broad SMARTS) is 1. The van der Waals surface area contributed by atoms with E-state index in [2.05, 4.69) is 8.75 Å². The molecule has 0 atom stereocenters. The number of aromatic nitrogens is 3. The largest absolute Gasteiger partial charge is 0.507 e. The Bertz CT molecular complexity index is 1540. The minimum absolute atomic E-state index is 0.0700. The summed E-state index contributed by atoms with van der Waals surface area (Å²) in [5.41, 5.74) is 4.05. The van der Waals surface area contributed by atoms with Gasteiger partial charge in [-0.2, -0.15) is 8.75 Å². The molecule has 5 aromatic rings. The molecule has 9 heteroatoms. The number of aromatic hydroxyl groups is 1. The van der Waals surface area contributed by atoms with Gasteiger partial charge in [-0.1, -0.05) is 6.07 Å². The topological polar surface area (TPSA) is 107 Å². The number of fused-ring (bicyclic) bond motifs is 2. The van der Waals surface area contributed by atoms with Gasteiger partial charge in [0.1, 0.15) is 34.0 Å². The summed E-state index contributed by atoms with van der Waals surface area (Å²) in [6.07, 6.45) is 0. The molecular formula is C25H21N3O5S. The van der Waals surface area contributed by atoms with Crippen LogP contribution in [0.1, 0.15) is 23.0 Å². The molecule has 5 rings (SSSR count). The lowest BCUT2D eigenvalue weighted by Gasteiger charge is -2.11. The molecule has 0 amide bonds.